The van der Waals surface area contributed by atoms with E-state index in [1.165, 1.54) is 0 Å². The molecular formula is C20H33N3O2. The molecule has 2 rings (SSSR count). The summed E-state index contributed by atoms with van der Waals surface area (Å²) in [6, 6.07) is 7.82. The van der Waals surface area contributed by atoms with Gasteiger partial charge in [-0.15, -0.1) is 0 Å². The topological polar surface area (TPSA) is 44.8 Å². The molecule has 0 saturated carbocycles. The summed E-state index contributed by atoms with van der Waals surface area (Å²) in [5.74, 6) is 0.0543. The first-order chi connectivity index (χ1) is 12.0. The lowest BCUT2D eigenvalue weighted by Gasteiger charge is -2.29. The van der Waals surface area contributed by atoms with Gasteiger partial charge in [-0.2, -0.15) is 0 Å². The number of benzene rings is 1. The van der Waals surface area contributed by atoms with Crippen molar-refractivity contribution >= 4 is 5.91 Å². The van der Waals surface area contributed by atoms with E-state index in [0.717, 1.165) is 43.5 Å². The Kier molecular flexibility index (Phi) is 7.88. The minimum absolute atomic E-state index is 0.0543. The fourth-order valence-corrected chi connectivity index (χ4v) is 3.33. The van der Waals surface area contributed by atoms with Crippen molar-refractivity contribution in [1.29, 1.82) is 0 Å². The standard InChI is InChI=1S/C20H33N3O2/c1-16-8-5-6-9-18(16)19(22(2)3)20(24)21-12-7-15-25-17-10-13-23(4)14-11-17/h5-6,8-9,17,19H,7,10-15H2,1-4H3,(H,21,24)/t19-/m1/s1. The minimum Gasteiger partial charge on any atom is -0.378 e. The van der Waals surface area contributed by atoms with Crippen molar-refractivity contribution in [2.24, 2.45) is 0 Å². The van der Waals surface area contributed by atoms with E-state index in [1.54, 1.807) is 0 Å². The smallest absolute Gasteiger partial charge is 0.241 e. The third-order valence-corrected chi connectivity index (χ3v) is 4.89. The van der Waals surface area contributed by atoms with Gasteiger partial charge in [0.25, 0.3) is 0 Å². The molecule has 1 aliphatic heterocycles. The normalized spacial score (nSPS) is 17.6. The number of nitrogens with zero attached hydrogens (tertiary/aromatic N) is 2. The first-order valence-corrected chi connectivity index (χ1v) is 9.29. The van der Waals surface area contributed by atoms with Gasteiger partial charge in [0.2, 0.25) is 5.91 Å². The van der Waals surface area contributed by atoms with Gasteiger partial charge >= 0.3 is 0 Å². The summed E-state index contributed by atoms with van der Waals surface area (Å²) in [6.45, 7) is 5.65. The average molecular weight is 348 g/mol. The molecule has 25 heavy (non-hydrogen) atoms. The van der Waals surface area contributed by atoms with Crippen LogP contribution in [-0.2, 0) is 9.53 Å². The predicted molar refractivity (Wildman–Crippen MR) is 102 cm³/mol. The fourth-order valence-electron chi connectivity index (χ4n) is 3.33. The van der Waals surface area contributed by atoms with Crippen LogP contribution >= 0.6 is 0 Å². The van der Waals surface area contributed by atoms with Gasteiger partial charge in [-0.3, -0.25) is 9.69 Å². The van der Waals surface area contributed by atoms with Crippen LogP contribution in [0.2, 0.25) is 0 Å². The zero-order valence-electron chi connectivity index (χ0n) is 16.1. The van der Waals surface area contributed by atoms with Gasteiger partial charge < -0.3 is 15.0 Å². The Morgan fingerprint density at radius 3 is 2.64 bits per heavy atom. The molecule has 0 bridgehead atoms. The molecule has 140 valence electrons. The van der Waals surface area contributed by atoms with Crippen LogP contribution < -0.4 is 5.32 Å². The molecule has 1 N–H and O–H groups in total. The Morgan fingerprint density at radius 1 is 1.32 bits per heavy atom. The number of aryl methyl sites for hydroxylation is 1. The van der Waals surface area contributed by atoms with E-state index in [4.69, 9.17) is 4.74 Å². The van der Waals surface area contributed by atoms with Crippen LogP contribution in [0.15, 0.2) is 24.3 Å². The molecule has 1 heterocycles. The van der Waals surface area contributed by atoms with Crippen LogP contribution in [0.4, 0.5) is 0 Å². The van der Waals surface area contributed by atoms with Gasteiger partial charge in [0.15, 0.2) is 0 Å². The fraction of sp³-hybridized carbons (Fsp3) is 0.650. The summed E-state index contributed by atoms with van der Waals surface area (Å²) >= 11 is 0. The van der Waals surface area contributed by atoms with Gasteiger partial charge in [-0.1, -0.05) is 24.3 Å². The quantitative estimate of drug-likeness (QED) is 0.733. The predicted octanol–water partition coefficient (Wildman–Crippen LogP) is 2.21. The maximum atomic E-state index is 12.6. The average Bonchev–Trinajstić information content (AvgIpc) is 2.58. The molecular weight excluding hydrogens is 314 g/mol. The van der Waals surface area contributed by atoms with Crippen LogP contribution in [0, 0.1) is 6.92 Å². The van der Waals surface area contributed by atoms with E-state index in [0.29, 0.717) is 19.3 Å². The molecule has 0 aliphatic carbocycles. The van der Waals surface area contributed by atoms with E-state index >= 15 is 0 Å². The van der Waals surface area contributed by atoms with E-state index in [9.17, 15) is 4.79 Å². The van der Waals surface area contributed by atoms with E-state index in [2.05, 4.69) is 30.3 Å². The summed E-state index contributed by atoms with van der Waals surface area (Å²) in [5, 5.41) is 3.07. The number of piperidine rings is 1. The highest BCUT2D eigenvalue weighted by molar-refractivity contribution is 5.83. The van der Waals surface area contributed by atoms with Crippen molar-refractivity contribution in [3.8, 4) is 0 Å². The van der Waals surface area contributed by atoms with Crippen LogP contribution in [0.3, 0.4) is 0 Å². The van der Waals surface area contributed by atoms with Gasteiger partial charge in [-0.25, -0.2) is 0 Å². The zero-order valence-corrected chi connectivity index (χ0v) is 16.1. The first kappa shape index (κ1) is 19.9. The van der Waals surface area contributed by atoms with Crippen LogP contribution in [0.25, 0.3) is 0 Å². The van der Waals surface area contributed by atoms with Crippen molar-refractivity contribution in [1.82, 2.24) is 15.1 Å². The summed E-state index contributed by atoms with van der Waals surface area (Å²) in [7, 11) is 6.04. The van der Waals surface area contributed by atoms with Crippen molar-refractivity contribution in [2.45, 2.75) is 38.3 Å². The molecule has 1 aliphatic rings. The monoisotopic (exact) mass is 347 g/mol. The van der Waals surface area contributed by atoms with Gasteiger partial charge in [-0.05, 0) is 58.5 Å². The van der Waals surface area contributed by atoms with Crippen LogP contribution in [0.1, 0.15) is 36.4 Å². The number of rotatable bonds is 8. The number of likely N-dealkylation sites (tertiary alicyclic amines) is 1. The molecule has 5 heteroatoms. The highest BCUT2D eigenvalue weighted by Crippen LogP contribution is 2.21. The molecule has 0 unspecified atom stereocenters. The number of hydrogen-bond acceptors (Lipinski definition) is 4. The SMILES string of the molecule is Cc1ccccc1[C@H](C(=O)NCCCOC1CCN(C)CC1)N(C)C. The summed E-state index contributed by atoms with van der Waals surface area (Å²) in [6.07, 6.45) is 3.46. The third-order valence-electron chi connectivity index (χ3n) is 4.89. The number of amides is 1. The molecule has 1 saturated heterocycles. The van der Waals surface area contributed by atoms with Gasteiger partial charge in [0.05, 0.1) is 6.10 Å². The Balaban J connectivity index is 1.73. The van der Waals surface area contributed by atoms with Crippen molar-refractivity contribution in [2.75, 3.05) is 47.4 Å². The first-order valence-electron chi connectivity index (χ1n) is 9.29. The number of nitrogens with one attached hydrogen (secondary N) is 1. The highest BCUT2D eigenvalue weighted by Gasteiger charge is 2.23. The molecule has 0 aromatic heterocycles. The van der Waals surface area contributed by atoms with Crippen molar-refractivity contribution in [3.63, 3.8) is 0 Å². The second-order valence-corrected chi connectivity index (χ2v) is 7.24. The Hall–Kier alpha value is -1.43. The molecule has 0 spiro atoms. The molecule has 1 amide bonds. The third kappa shape index (κ3) is 6.10. The number of carbonyl (C=O) groups is 1. The van der Waals surface area contributed by atoms with Crippen LogP contribution in [-0.4, -0.2) is 69.2 Å². The maximum Gasteiger partial charge on any atom is 0.241 e. The van der Waals surface area contributed by atoms with Crippen molar-refractivity contribution < 1.29 is 9.53 Å². The zero-order chi connectivity index (χ0) is 18.2. The lowest BCUT2D eigenvalue weighted by atomic mass is 10.00. The number of carbonyl (C=O) groups excluding carboxylic acids is 1. The molecule has 0 radical (unpaired) electrons. The molecule has 1 aromatic rings. The second kappa shape index (κ2) is 9.90. The van der Waals surface area contributed by atoms with E-state index in [-0.39, 0.29) is 11.9 Å². The maximum absolute atomic E-state index is 12.6. The Morgan fingerprint density at radius 2 is 2.00 bits per heavy atom. The van der Waals surface area contributed by atoms with E-state index < -0.39 is 0 Å². The molecule has 5 nitrogen and oxygen atoms in total. The minimum atomic E-state index is -0.254. The Labute approximate surface area is 152 Å². The summed E-state index contributed by atoms with van der Waals surface area (Å²) in [5.41, 5.74) is 2.20. The van der Waals surface area contributed by atoms with Crippen molar-refractivity contribution in [3.05, 3.63) is 35.4 Å². The number of hydrogen-bond donors (Lipinski definition) is 1. The second-order valence-electron chi connectivity index (χ2n) is 7.24. The lowest BCUT2D eigenvalue weighted by Crippen LogP contribution is -2.38. The van der Waals surface area contributed by atoms with Gasteiger partial charge in [0, 0.05) is 26.2 Å². The molecule has 1 aromatic carbocycles. The molecule has 1 atom stereocenters. The largest absolute Gasteiger partial charge is 0.378 e. The summed E-state index contributed by atoms with van der Waals surface area (Å²) < 4.78 is 5.94. The summed E-state index contributed by atoms with van der Waals surface area (Å²) in [4.78, 5) is 16.9. The van der Waals surface area contributed by atoms with E-state index in [1.807, 2.05) is 37.2 Å². The molecule has 1 fully saturated rings. The van der Waals surface area contributed by atoms with Gasteiger partial charge in [0.1, 0.15) is 6.04 Å². The Bertz CT molecular complexity index is 539. The number of likely N-dealkylation sites (N-methyl/N-ethyl adjacent to an activating group) is 1. The lowest BCUT2D eigenvalue weighted by molar-refractivity contribution is -0.125. The van der Waals surface area contributed by atoms with Crippen LogP contribution in [0.5, 0.6) is 0 Å². The number of ether oxygens (including phenoxy) is 1. The highest BCUT2D eigenvalue weighted by atomic mass is 16.5.